The Kier molecular flexibility index (Phi) is 7.35. The van der Waals surface area contributed by atoms with Crippen LogP contribution in [0.25, 0.3) is 0 Å². The third-order valence-corrected chi connectivity index (χ3v) is 2.95. The van der Waals surface area contributed by atoms with Gasteiger partial charge in [0.2, 0.25) is 5.91 Å². The monoisotopic (exact) mass is 279 g/mol. The average molecular weight is 279 g/mol. The van der Waals surface area contributed by atoms with Crippen LogP contribution in [-0.2, 0) is 20.7 Å². The SMILES string of the molecule is COCCCC(=O)NC(CCc1ccccc1)C(=O)O. The van der Waals surface area contributed by atoms with Gasteiger partial charge in [-0.1, -0.05) is 30.3 Å². The molecule has 20 heavy (non-hydrogen) atoms. The number of amides is 1. The first kappa shape index (κ1) is 16.2. The van der Waals surface area contributed by atoms with Crippen LogP contribution in [0, 0.1) is 0 Å². The van der Waals surface area contributed by atoms with Crippen LogP contribution in [0.1, 0.15) is 24.8 Å². The van der Waals surface area contributed by atoms with Gasteiger partial charge in [0.1, 0.15) is 6.04 Å². The lowest BCUT2D eigenvalue weighted by molar-refractivity contribution is -0.142. The molecule has 1 unspecified atom stereocenters. The number of carboxylic acids is 1. The number of rotatable bonds is 9. The number of benzene rings is 1. The lowest BCUT2D eigenvalue weighted by Crippen LogP contribution is -2.41. The van der Waals surface area contributed by atoms with Crippen molar-refractivity contribution in [2.75, 3.05) is 13.7 Å². The highest BCUT2D eigenvalue weighted by atomic mass is 16.5. The van der Waals surface area contributed by atoms with Gasteiger partial charge in [0.15, 0.2) is 0 Å². The number of aliphatic carboxylic acids is 1. The van der Waals surface area contributed by atoms with Crippen molar-refractivity contribution < 1.29 is 19.4 Å². The van der Waals surface area contributed by atoms with Crippen molar-refractivity contribution in [1.82, 2.24) is 5.32 Å². The second-order valence-corrected chi connectivity index (χ2v) is 4.58. The highest BCUT2D eigenvalue weighted by molar-refractivity contribution is 5.83. The number of carbonyl (C=O) groups excluding carboxylic acids is 1. The van der Waals surface area contributed by atoms with Gasteiger partial charge in [0.25, 0.3) is 0 Å². The molecule has 0 aliphatic carbocycles. The minimum absolute atomic E-state index is 0.248. The largest absolute Gasteiger partial charge is 0.480 e. The van der Waals surface area contributed by atoms with E-state index in [-0.39, 0.29) is 12.3 Å². The number of carbonyl (C=O) groups is 2. The standard InChI is InChI=1S/C15H21NO4/c1-20-11-5-8-14(17)16-13(15(18)19)10-9-12-6-3-2-4-7-12/h2-4,6-7,13H,5,8-11H2,1H3,(H,16,17)(H,18,19). The van der Waals surface area contributed by atoms with Crippen LogP contribution in [0.4, 0.5) is 0 Å². The molecule has 1 aromatic carbocycles. The zero-order chi connectivity index (χ0) is 14.8. The van der Waals surface area contributed by atoms with Gasteiger partial charge in [0, 0.05) is 20.1 Å². The topological polar surface area (TPSA) is 75.6 Å². The Morgan fingerprint density at radius 3 is 2.60 bits per heavy atom. The van der Waals surface area contributed by atoms with Gasteiger partial charge in [-0.25, -0.2) is 4.79 Å². The molecule has 0 fully saturated rings. The Morgan fingerprint density at radius 2 is 2.00 bits per heavy atom. The summed E-state index contributed by atoms with van der Waals surface area (Å²) in [7, 11) is 1.57. The van der Waals surface area contributed by atoms with Crippen LogP contribution in [0.15, 0.2) is 30.3 Å². The molecule has 0 saturated heterocycles. The van der Waals surface area contributed by atoms with E-state index in [1.807, 2.05) is 30.3 Å². The third-order valence-electron chi connectivity index (χ3n) is 2.95. The predicted molar refractivity (Wildman–Crippen MR) is 75.4 cm³/mol. The van der Waals surface area contributed by atoms with Gasteiger partial charge in [0.05, 0.1) is 0 Å². The normalized spacial score (nSPS) is 11.8. The minimum Gasteiger partial charge on any atom is -0.480 e. The summed E-state index contributed by atoms with van der Waals surface area (Å²) in [6.45, 7) is 0.495. The molecule has 0 bridgehead atoms. The smallest absolute Gasteiger partial charge is 0.326 e. The summed E-state index contributed by atoms with van der Waals surface area (Å²) in [6, 6.07) is 8.78. The third kappa shape index (κ3) is 6.33. The predicted octanol–water partition coefficient (Wildman–Crippen LogP) is 1.62. The first-order valence-electron chi connectivity index (χ1n) is 6.68. The summed E-state index contributed by atoms with van der Waals surface area (Å²) in [6.07, 6.45) is 1.88. The maximum Gasteiger partial charge on any atom is 0.326 e. The molecule has 1 amide bonds. The molecule has 0 radical (unpaired) electrons. The first-order chi connectivity index (χ1) is 9.63. The van der Waals surface area contributed by atoms with Gasteiger partial charge >= 0.3 is 5.97 Å². The number of nitrogens with one attached hydrogen (secondary N) is 1. The van der Waals surface area contributed by atoms with Crippen LogP contribution in [0.3, 0.4) is 0 Å². The molecule has 1 rings (SSSR count). The quantitative estimate of drug-likeness (QED) is 0.673. The molecule has 0 aliphatic rings. The van der Waals surface area contributed by atoms with Crippen molar-refractivity contribution in [3.05, 3.63) is 35.9 Å². The summed E-state index contributed by atoms with van der Waals surface area (Å²) in [4.78, 5) is 22.8. The summed E-state index contributed by atoms with van der Waals surface area (Å²) < 4.78 is 4.85. The summed E-state index contributed by atoms with van der Waals surface area (Å²) >= 11 is 0. The van der Waals surface area contributed by atoms with E-state index in [4.69, 9.17) is 9.84 Å². The number of methoxy groups -OCH3 is 1. The molecular weight excluding hydrogens is 258 g/mol. The van der Waals surface area contributed by atoms with Gasteiger partial charge in [-0.05, 0) is 24.8 Å². The van der Waals surface area contributed by atoms with Crippen molar-refractivity contribution in [3.8, 4) is 0 Å². The summed E-state index contributed by atoms with van der Waals surface area (Å²) in [5.74, 6) is -1.25. The van der Waals surface area contributed by atoms with Gasteiger partial charge < -0.3 is 15.2 Å². The molecule has 2 N–H and O–H groups in total. The summed E-state index contributed by atoms with van der Waals surface area (Å²) in [5.41, 5.74) is 1.06. The Bertz CT molecular complexity index is 419. The fourth-order valence-corrected chi connectivity index (χ4v) is 1.86. The lowest BCUT2D eigenvalue weighted by Gasteiger charge is -2.14. The molecule has 0 saturated carbocycles. The van der Waals surface area contributed by atoms with Crippen molar-refractivity contribution in [3.63, 3.8) is 0 Å². The van der Waals surface area contributed by atoms with E-state index in [2.05, 4.69) is 5.32 Å². The molecule has 1 atom stereocenters. The number of aryl methyl sites for hydroxylation is 1. The molecular formula is C15H21NO4. The molecule has 0 spiro atoms. The molecule has 0 heterocycles. The van der Waals surface area contributed by atoms with Gasteiger partial charge in [-0.3, -0.25) is 4.79 Å². The van der Waals surface area contributed by atoms with E-state index in [0.717, 1.165) is 5.56 Å². The zero-order valence-corrected chi connectivity index (χ0v) is 11.7. The Hall–Kier alpha value is -1.88. The van der Waals surface area contributed by atoms with E-state index >= 15 is 0 Å². The van der Waals surface area contributed by atoms with Crippen molar-refractivity contribution in [1.29, 1.82) is 0 Å². The van der Waals surface area contributed by atoms with E-state index in [9.17, 15) is 9.59 Å². The molecule has 5 nitrogen and oxygen atoms in total. The van der Waals surface area contributed by atoms with E-state index in [1.165, 1.54) is 0 Å². The van der Waals surface area contributed by atoms with E-state index in [0.29, 0.717) is 25.9 Å². The van der Waals surface area contributed by atoms with Crippen molar-refractivity contribution >= 4 is 11.9 Å². The number of ether oxygens (including phenoxy) is 1. The van der Waals surface area contributed by atoms with Crippen LogP contribution in [0.5, 0.6) is 0 Å². The van der Waals surface area contributed by atoms with Crippen molar-refractivity contribution in [2.24, 2.45) is 0 Å². The average Bonchev–Trinajstić information content (AvgIpc) is 2.44. The fraction of sp³-hybridized carbons (Fsp3) is 0.467. The molecule has 110 valence electrons. The molecule has 5 heteroatoms. The van der Waals surface area contributed by atoms with Crippen LogP contribution < -0.4 is 5.32 Å². The van der Waals surface area contributed by atoms with Gasteiger partial charge in [-0.15, -0.1) is 0 Å². The highest BCUT2D eigenvalue weighted by Gasteiger charge is 2.19. The Labute approximate surface area is 118 Å². The second kappa shape index (κ2) is 9.09. The molecule has 1 aromatic rings. The number of hydrogen-bond donors (Lipinski definition) is 2. The lowest BCUT2D eigenvalue weighted by atomic mass is 10.1. The minimum atomic E-state index is -0.999. The zero-order valence-electron chi connectivity index (χ0n) is 11.7. The Morgan fingerprint density at radius 1 is 1.30 bits per heavy atom. The van der Waals surface area contributed by atoms with Crippen LogP contribution >= 0.6 is 0 Å². The van der Waals surface area contributed by atoms with E-state index in [1.54, 1.807) is 7.11 Å². The number of hydrogen-bond acceptors (Lipinski definition) is 3. The second-order valence-electron chi connectivity index (χ2n) is 4.58. The Balaban J connectivity index is 2.40. The molecule has 0 aliphatic heterocycles. The maximum absolute atomic E-state index is 11.6. The fourth-order valence-electron chi connectivity index (χ4n) is 1.86. The van der Waals surface area contributed by atoms with Crippen LogP contribution in [0.2, 0.25) is 0 Å². The highest BCUT2D eigenvalue weighted by Crippen LogP contribution is 2.06. The van der Waals surface area contributed by atoms with Gasteiger partial charge in [-0.2, -0.15) is 0 Å². The summed E-state index contributed by atoms with van der Waals surface area (Å²) in [5, 5.41) is 11.7. The van der Waals surface area contributed by atoms with Crippen LogP contribution in [-0.4, -0.2) is 36.7 Å². The number of carboxylic acid groups (broad SMARTS) is 1. The van der Waals surface area contributed by atoms with E-state index < -0.39 is 12.0 Å². The maximum atomic E-state index is 11.6. The molecule has 0 aromatic heterocycles. The van der Waals surface area contributed by atoms with Crippen molar-refractivity contribution in [2.45, 2.75) is 31.7 Å². The first-order valence-corrected chi connectivity index (χ1v) is 6.68.